The summed E-state index contributed by atoms with van der Waals surface area (Å²) in [6.07, 6.45) is 4.64. The van der Waals surface area contributed by atoms with Gasteiger partial charge in [0.25, 0.3) is 5.91 Å². The lowest BCUT2D eigenvalue weighted by Gasteiger charge is -2.37. The molecule has 0 saturated carbocycles. The number of benzene rings is 1. The largest absolute Gasteiger partial charge is 0.506 e. The Labute approximate surface area is 475 Å². The number of likely N-dealkylation sites (tertiary alicyclic amines) is 1. The van der Waals surface area contributed by atoms with Crippen molar-refractivity contribution in [3.8, 4) is 5.75 Å². The fourth-order valence-corrected chi connectivity index (χ4v) is 11.7. The van der Waals surface area contributed by atoms with Gasteiger partial charge in [0.05, 0.1) is 23.7 Å². The van der Waals surface area contributed by atoms with E-state index in [-0.39, 0.29) is 85.2 Å². The van der Waals surface area contributed by atoms with Gasteiger partial charge in [0.15, 0.2) is 23.5 Å². The number of anilines is 1. The fourth-order valence-electron chi connectivity index (χ4n) is 9.46. The van der Waals surface area contributed by atoms with Gasteiger partial charge in [0.1, 0.15) is 22.5 Å². The average molecular weight is 1150 g/mol. The molecule has 10 atom stereocenters. The van der Waals surface area contributed by atoms with Crippen molar-refractivity contribution in [3.63, 3.8) is 0 Å². The Morgan fingerprint density at radius 2 is 1.63 bits per heavy atom. The minimum atomic E-state index is -1.27. The second-order valence-electron chi connectivity index (χ2n) is 21.1. The topological polar surface area (TPSA) is 288 Å². The normalized spacial score (nSPS) is 20.2. The molecule has 2 aliphatic heterocycles. The SMILES string of the molecule is CC[C@H](C)[C@H](CC(=O)[C@H]1CCCCN1C)C(=O)N(C)[C@H](C[C@@H](OC(C)=O)c1nc(C(=O)N[C@@H](Cc2ccc(O)c(NC(=O)[C@H](C)CC(=O)[C@H](C)NC(=O)C3CC(=O)/C=C/SCS/C=C/C(=O)N3)c2)CC(C)C(=O)O)cs1)C(C)C. The highest BCUT2D eigenvalue weighted by Gasteiger charge is 2.38. The number of piperidine rings is 1. The molecule has 0 bridgehead atoms. The van der Waals surface area contributed by atoms with Crippen LogP contribution in [0.5, 0.6) is 5.75 Å². The van der Waals surface area contributed by atoms with Gasteiger partial charge in [-0.1, -0.05) is 60.5 Å². The first-order chi connectivity index (χ1) is 37.3. The van der Waals surface area contributed by atoms with Crippen LogP contribution in [0.3, 0.4) is 0 Å². The zero-order chi connectivity index (χ0) is 58.7. The zero-order valence-corrected chi connectivity index (χ0v) is 49.4. The van der Waals surface area contributed by atoms with E-state index in [0.29, 0.717) is 22.1 Å². The number of ketones is 3. The summed E-state index contributed by atoms with van der Waals surface area (Å²) >= 11 is 3.77. The summed E-state index contributed by atoms with van der Waals surface area (Å²) in [7, 11) is 3.66. The van der Waals surface area contributed by atoms with E-state index in [1.54, 1.807) is 28.8 Å². The number of aliphatic carboxylic acids is 1. The maximum absolute atomic E-state index is 14.4. The number of thiazole rings is 1. The predicted molar refractivity (Wildman–Crippen MR) is 305 cm³/mol. The van der Waals surface area contributed by atoms with Gasteiger partial charge in [-0.2, -0.15) is 0 Å². The summed E-state index contributed by atoms with van der Waals surface area (Å²) in [5, 5.41) is 36.8. The highest BCUT2D eigenvalue weighted by molar-refractivity contribution is 8.18. The van der Waals surface area contributed by atoms with E-state index in [0.717, 1.165) is 37.1 Å². The van der Waals surface area contributed by atoms with Crippen LogP contribution in [0, 0.1) is 29.6 Å². The fraction of sp³-hybridized carbons (Fsp3) is 0.589. The lowest BCUT2D eigenvalue weighted by Crippen LogP contribution is -2.51. The molecule has 1 aromatic carbocycles. The molecule has 2 aromatic rings. The lowest BCUT2D eigenvalue weighted by atomic mass is 9.83. The number of allylic oxidation sites excluding steroid dienone is 1. The van der Waals surface area contributed by atoms with Crippen LogP contribution in [-0.2, 0) is 54.3 Å². The Morgan fingerprint density at radius 1 is 0.937 bits per heavy atom. The standard InChI is InChI=1S/C56H79N7O13S3/c1-11-32(4)40(27-48(68)44-14-12-13-19-62(44)9)55(73)63(10)45(31(2)3)28-49(76-36(8)64)54-61-43(29-79-54)53(72)58-38(22-34(6)56(74)75)24-37-15-16-46(66)41(25-37)60-51(70)33(5)23-47(67)35(7)57-52(71)42-26-39(65)17-20-77-30-78-21-18-50(69)59-42/h15-18,20-21,25,29,31-35,38,40,42,44-45,49,66H,11-14,19,22-24,26-28,30H2,1-10H3,(H,57,71)(H,58,72)(H,59,69)(H,60,70)(H,74,75)/b20-17+,21-18+/t32-,33+,34?,35-,38+,40-,42?,44+,45+,49+/m0/s1. The Bertz CT molecular complexity index is 2540. The van der Waals surface area contributed by atoms with Crippen molar-refractivity contribution in [2.45, 2.75) is 156 Å². The molecule has 0 aliphatic carbocycles. The third kappa shape index (κ3) is 20.6. The molecule has 2 aliphatic rings. The van der Waals surface area contributed by atoms with Crippen LogP contribution in [0.1, 0.15) is 140 Å². The van der Waals surface area contributed by atoms with E-state index < -0.39 is 95.2 Å². The van der Waals surface area contributed by atoms with Crippen LogP contribution >= 0.6 is 34.9 Å². The van der Waals surface area contributed by atoms with E-state index in [9.17, 15) is 58.2 Å². The number of carbonyl (C=O) groups excluding carboxylic acids is 9. The van der Waals surface area contributed by atoms with E-state index in [4.69, 9.17) is 4.74 Å². The number of nitrogens with zero attached hydrogens (tertiary/aromatic N) is 3. The highest BCUT2D eigenvalue weighted by Crippen LogP contribution is 2.34. The Balaban J connectivity index is 1.46. The van der Waals surface area contributed by atoms with Crippen molar-refractivity contribution >= 4 is 99.4 Å². The van der Waals surface area contributed by atoms with Gasteiger partial charge in [0, 0.05) is 80.1 Å². The number of Topliss-reactive ketones (excluding diaryl/α,β-unsaturated/α-hetero) is 2. The Morgan fingerprint density at radius 3 is 2.28 bits per heavy atom. The number of carboxylic acids is 1. The van der Waals surface area contributed by atoms with Crippen LogP contribution < -0.4 is 21.3 Å². The summed E-state index contributed by atoms with van der Waals surface area (Å²) in [5.41, 5.74) is 0.442. The Kier molecular flexibility index (Phi) is 26.4. The van der Waals surface area contributed by atoms with Crippen molar-refractivity contribution in [1.29, 1.82) is 0 Å². The van der Waals surface area contributed by atoms with Gasteiger partial charge in [-0.3, -0.25) is 52.8 Å². The molecular formula is C56H79N7O13S3. The molecule has 4 rings (SSSR count). The van der Waals surface area contributed by atoms with Crippen LogP contribution in [0.2, 0.25) is 0 Å². The average Bonchev–Trinajstić information content (AvgIpc) is 3.92. The van der Waals surface area contributed by atoms with E-state index in [1.165, 1.54) is 80.9 Å². The van der Waals surface area contributed by atoms with Crippen LogP contribution in [0.15, 0.2) is 46.5 Å². The van der Waals surface area contributed by atoms with Gasteiger partial charge in [-0.25, -0.2) is 4.98 Å². The monoisotopic (exact) mass is 1150 g/mol. The summed E-state index contributed by atoms with van der Waals surface area (Å²) < 4.78 is 5.82. The predicted octanol–water partition coefficient (Wildman–Crippen LogP) is 6.83. The molecule has 2 unspecified atom stereocenters. The first-order valence-corrected chi connectivity index (χ1v) is 29.8. The number of hydrogen-bond acceptors (Lipinski definition) is 17. The molecule has 1 fully saturated rings. The smallest absolute Gasteiger partial charge is 0.306 e. The second kappa shape index (κ2) is 31.8. The number of nitrogens with one attached hydrogen (secondary N) is 4. The number of esters is 1. The van der Waals surface area contributed by atoms with Crippen molar-refractivity contribution in [1.82, 2.24) is 30.7 Å². The van der Waals surface area contributed by atoms with Crippen LogP contribution in [0.25, 0.3) is 0 Å². The summed E-state index contributed by atoms with van der Waals surface area (Å²) in [4.78, 5) is 140. The molecule has 0 radical (unpaired) electrons. The number of amides is 5. The minimum absolute atomic E-state index is 0.0220. The van der Waals surface area contributed by atoms with Crippen molar-refractivity contribution < 1.29 is 62.9 Å². The van der Waals surface area contributed by atoms with E-state index >= 15 is 0 Å². The number of carbonyl (C=O) groups is 10. The summed E-state index contributed by atoms with van der Waals surface area (Å²) in [5.74, 6) is -8.35. The van der Waals surface area contributed by atoms with Crippen molar-refractivity contribution in [3.05, 3.63) is 62.8 Å². The van der Waals surface area contributed by atoms with Crippen molar-refractivity contribution in [2.24, 2.45) is 29.6 Å². The molecule has 5 amide bonds. The number of hydrogen-bond donors (Lipinski definition) is 6. The maximum Gasteiger partial charge on any atom is 0.306 e. The number of thioether (sulfide) groups is 2. The molecule has 79 heavy (non-hydrogen) atoms. The highest BCUT2D eigenvalue weighted by atomic mass is 32.2. The third-order valence-electron chi connectivity index (χ3n) is 14.5. The molecule has 1 aromatic heterocycles. The van der Waals surface area contributed by atoms with Crippen molar-refractivity contribution in [2.75, 3.05) is 31.0 Å². The number of aromatic nitrogens is 1. The number of phenols is 1. The summed E-state index contributed by atoms with van der Waals surface area (Å²) in [6, 6.07) is 0.455. The van der Waals surface area contributed by atoms with Gasteiger partial charge in [0.2, 0.25) is 23.6 Å². The van der Waals surface area contributed by atoms with E-state index in [1.807, 2.05) is 34.7 Å². The summed E-state index contributed by atoms with van der Waals surface area (Å²) in [6.45, 7) is 14.4. The van der Waals surface area contributed by atoms with Gasteiger partial charge in [-0.05, 0) is 92.6 Å². The molecule has 23 heteroatoms. The molecule has 434 valence electrons. The minimum Gasteiger partial charge on any atom is -0.506 e. The molecular weight excluding hydrogens is 1070 g/mol. The first-order valence-electron chi connectivity index (χ1n) is 26.8. The third-order valence-corrected chi connectivity index (χ3v) is 17.1. The first kappa shape index (κ1) is 65.6. The van der Waals surface area contributed by atoms with Gasteiger partial charge in [-0.15, -0.1) is 34.9 Å². The van der Waals surface area contributed by atoms with Gasteiger partial charge < -0.3 is 41.1 Å². The number of phenolic OH excluding ortho intramolecular Hbond substituents is 1. The number of ether oxygens (including phenoxy) is 1. The quantitative estimate of drug-likeness (QED) is 0.0416. The number of aromatic hydroxyl groups is 1. The van der Waals surface area contributed by atoms with Crippen LogP contribution in [0.4, 0.5) is 5.69 Å². The maximum atomic E-state index is 14.4. The number of likely N-dealkylation sites (N-methyl/N-ethyl adjacent to an activating group) is 1. The molecule has 20 nitrogen and oxygen atoms in total. The number of carboxylic acid groups (broad SMARTS) is 1. The zero-order valence-electron chi connectivity index (χ0n) is 46.9. The molecule has 3 heterocycles. The van der Waals surface area contributed by atoms with Crippen LogP contribution in [-0.4, -0.2) is 140 Å². The molecule has 0 spiro atoms. The van der Waals surface area contributed by atoms with E-state index in [2.05, 4.69) is 31.2 Å². The molecule has 6 N–H and O–H groups in total. The molecule has 1 saturated heterocycles. The second-order valence-corrected chi connectivity index (χ2v) is 24.1. The van der Waals surface area contributed by atoms with Gasteiger partial charge >= 0.3 is 11.9 Å². The number of rotatable bonds is 26. The lowest BCUT2D eigenvalue weighted by molar-refractivity contribution is -0.149. The Hall–Kier alpha value is -5.91.